The summed E-state index contributed by atoms with van der Waals surface area (Å²) in [5.74, 6) is -0.571. The lowest BCUT2D eigenvalue weighted by Crippen LogP contribution is -2.38. The molecule has 1 aliphatic heterocycles. The minimum absolute atomic E-state index is 0.0736. The van der Waals surface area contributed by atoms with Gasteiger partial charge in [0.15, 0.2) is 0 Å². The summed E-state index contributed by atoms with van der Waals surface area (Å²) < 4.78 is 0. The van der Waals surface area contributed by atoms with Gasteiger partial charge < -0.3 is 9.80 Å². The summed E-state index contributed by atoms with van der Waals surface area (Å²) in [6.07, 6.45) is 1.39. The van der Waals surface area contributed by atoms with E-state index in [1.54, 1.807) is 4.90 Å². The van der Waals surface area contributed by atoms with Gasteiger partial charge in [0.05, 0.1) is 5.92 Å². The van der Waals surface area contributed by atoms with Crippen LogP contribution < -0.4 is 5.56 Å². The van der Waals surface area contributed by atoms with E-state index in [1.807, 2.05) is 42.2 Å². The first-order valence-corrected chi connectivity index (χ1v) is 11.3. The average molecular weight is 445 g/mol. The molecule has 7 heteroatoms. The predicted molar refractivity (Wildman–Crippen MR) is 127 cm³/mol. The summed E-state index contributed by atoms with van der Waals surface area (Å²) in [7, 11) is 0. The summed E-state index contributed by atoms with van der Waals surface area (Å²) in [5, 5.41) is 6.21. The highest BCUT2D eigenvalue weighted by atomic mass is 16.2. The van der Waals surface area contributed by atoms with Crippen LogP contribution >= 0.6 is 0 Å². The zero-order valence-corrected chi connectivity index (χ0v) is 18.7. The first-order chi connectivity index (χ1) is 16.1. The molecule has 3 aromatic rings. The molecule has 1 aliphatic rings. The summed E-state index contributed by atoms with van der Waals surface area (Å²) in [6.45, 7) is 3.93. The Balaban J connectivity index is 1.63. The van der Waals surface area contributed by atoms with Crippen molar-refractivity contribution in [1.29, 1.82) is 0 Å². The van der Waals surface area contributed by atoms with Crippen LogP contribution in [0.2, 0.25) is 0 Å². The van der Waals surface area contributed by atoms with E-state index in [0.717, 1.165) is 23.1 Å². The standard InChI is InChI=1S/C26H28N4O3/c1-2-14-29-15-16-30(26(33)23-12-13-24(31)28-27-23)18-21(25(29)32)17-20-10-6-7-11-22(20)19-8-4-3-5-9-19/h3-13,21H,2,14-18H2,1H3,(H,28,31)/t21-/m1/s1. The molecule has 1 N–H and O–H groups in total. The van der Waals surface area contributed by atoms with Gasteiger partial charge in [-0.25, -0.2) is 5.10 Å². The smallest absolute Gasteiger partial charge is 0.274 e. The molecule has 0 unspecified atom stereocenters. The van der Waals surface area contributed by atoms with Crippen LogP contribution in [0.1, 0.15) is 29.4 Å². The second-order valence-corrected chi connectivity index (χ2v) is 8.31. The SMILES string of the molecule is CCCN1CCN(C(=O)c2ccc(=O)[nH]n2)C[C@@H](Cc2ccccc2-c2ccccc2)C1=O. The first-order valence-electron chi connectivity index (χ1n) is 11.3. The van der Waals surface area contributed by atoms with Crippen molar-refractivity contribution in [2.45, 2.75) is 19.8 Å². The number of H-pyrrole nitrogens is 1. The molecule has 1 fully saturated rings. The van der Waals surface area contributed by atoms with Crippen LogP contribution in [0, 0.1) is 5.92 Å². The third kappa shape index (κ3) is 5.19. The number of aromatic amines is 1. The van der Waals surface area contributed by atoms with E-state index in [4.69, 9.17) is 0 Å². The fourth-order valence-electron chi connectivity index (χ4n) is 4.36. The number of rotatable bonds is 6. The van der Waals surface area contributed by atoms with Gasteiger partial charge in [-0.1, -0.05) is 61.5 Å². The number of carbonyl (C=O) groups is 2. The molecule has 2 amide bonds. The minimum atomic E-state index is -0.365. The Bertz CT molecular complexity index is 1150. The van der Waals surface area contributed by atoms with Crippen molar-refractivity contribution in [3.05, 3.63) is 88.3 Å². The molecule has 4 rings (SSSR count). The van der Waals surface area contributed by atoms with Gasteiger partial charge in [0.2, 0.25) is 5.91 Å². The van der Waals surface area contributed by atoms with E-state index >= 15 is 0 Å². The second-order valence-electron chi connectivity index (χ2n) is 8.31. The van der Waals surface area contributed by atoms with Crippen molar-refractivity contribution in [3.63, 3.8) is 0 Å². The lowest BCUT2D eigenvalue weighted by atomic mass is 9.91. The molecule has 0 bridgehead atoms. The number of hydrogen-bond donors (Lipinski definition) is 1. The number of benzene rings is 2. The Morgan fingerprint density at radius 1 is 1.00 bits per heavy atom. The van der Waals surface area contributed by atoms with Crippen LogP contribution in [0.4, 0.5) is 0 Å². The van der Waals surface area contributed by atoms with Gasteiger partial charge in [-0.05, 0) is 35.6 Å². The van der Waals surface area contributed by atoms with E-state index in [1.165, 1.54) is 12.1 Å². The predicted octanol–water partition coefficient (Wildman–Crippen LogP) is 2.99. The summed E-state index contributed by atoms with van der Waals surface area (Å²) >= 11 is 0. The van der Waals surface area contributed by atoms with Crippen molar-refractivity contribution in [2.24, 2.45) is 5.92 Å². The van der Waals surface area contributed by atoms with E-state index in [9.17, 15) is 14.4 Å². The van der Waals surface area contributed by atoms with Gasteiger partial charge in [0, 0.05) is 32.2 Å². The Hall–Kier alpha value is -3.74. The monoisotopic (exact) mass is 444 g/mol. The van der Waals surface area contributed by atoms with Crippen LogP contribution in [0.5, 0.6) is 0 Å². The van der Waals surface area contributed by atoms with Gasteiger partial charge >= 0.3 is 0 Å². The lowest BCUT2D eigenvalue weighted by molar-refractivity contribution is -0.134. The fourth-order valence-corrected chi connectivity index (χ4v) is 4.36. The van der Waals surface area contributed by atoms with E-state index in [-0.39, 0.29) is 29.0 Å². The quantitative estimate of drug-likeness (QED) is 0.633. The van der Waals surface area contributed by atoms with E-state index in [0.29, 0.717) is 32.6 Å². The topological polar surface area (TPSA) is 86.4 Å². The molecule has 0 saturated carbocycles. The van der Waals surface area contributed by atoms with Gasteiger partial charge in [-0.15, -0.1) is 0 Å². The third-order valence-corrected chi connectivity index (χ3v) is 5.99. The molecular weight excluding hydrogens is 416 g/mol. The summed E-state index contributed by atoms with van der Waals surface area (Å²) in [4.78, 5) is 41.5. The molecule has 2 aromatic carbocycles. The first kappa shape index (κ1) is 22.5. The molecular formula is C26H28N4O3. The largest absolute Gasteiger partial charge is 0.341 e. The van der Waals surface area contributed by atoms with Crippen molar-refractivity contribution < 1.29 is 9.59 Å². The number of amides is 2. The van der Waals surface area contributed by atoms with Crippen molar-refractivity contribution >= 4 is 11.8 Å². The van der Waals surface area contributed by atoms with Gasteiger partial charge in [0.25, 0.3) is 11.5 Å². The Labute approximate surface area is 193 Å². The van der Waals surface area contributed by atoms with E-state index < -0.39 is 0 Å². The molecule has 170 valence electrons. The number of carbonyl (C=O) groups excluding carboxylic acids is 2. The zero-order valence-electron chi connectivity index (χ0n) is 18.7. The Morgan fingerprint density at radius 2 is 1.76 bits per heavy atom. The second kappa shape index (κ2) is 10.3. The Kier molecular flexibility index (Phi) is 6.98. The molecule has 2 heterocycles. The van der Waals surface area contributed by atoms with E-state index in [2.05, 4.69) is 34.5 Å². The van der Waals surface area contributed by atoms with Crippen LogP contribution in [-0.4, -0.2) is 58.0 Å². The summed E-state index contributed by atoms with van der Waals surface area (Å²) in [5.41, 5.74) is 3.09. The zero-order chi connectivity index (χ0) is 23.2. The van der Waals surface area contributed by atoms with Crippen LogP contribution in [0.15, 0.2) is 71.5 Å². The lowest BCUT2D eigenvalue weighted by Gasteiger charge is -2.24. The maximum Gasteiger partial charge on any atom is 0.274 e. The molecule has 0 spiro atoms. The molecule has 0 radical (unpaired) electrons. The van der Waals surface area contributed by atoms with Crippen molar-refractivity contribution in [1.82, 2.24) is 20.0 Å². The Morgan fingerprint density at radius 3 is 2.48 bits per heavy atom. The molecule has 7 nitrogen and oxygen atoms in total. The fraction of sp³-hybridized carbons (Fsp3) is 0.308. The molecule has 0 aliphatic carbocycles. The third-order valence-electron chi connectivity index (χ3n) is 5.99. The highest BCUT2D eigenvalue weighted by Gasteiger charge is 2.33. The average Bonchev–Trinajstić information content (AvgIpc) is 2.99. The van der Waals surface area contributed by atoms with Gasteiger partial charge in [0.1, 0.15) is 5.69 Å². The normalized spacial score (nSPS) is 16.5. The van der Waals surface area contributed by atoms with Gasteiger partial charge in [-0.2, -0.15) is 5.10 Å². The molecule has 1 atom stereocenters. The number of nitrogens with one attached hydrogen (secondary N) is 1. The highest BCUT2D eigenvalue weighted by Crippen LogP contribution is 2.27. The molecule has 33 heavy (non-hydrogen) atoms. The minimum Gasteiger partial charge on any atom is -0.341 e. The summed E-state index contributed by atoms with van der Waals surface area (Å²) in [6, 6.07) is 21.0. The number of nitrogens with zero attached hydrogens (tertiary/aromatic N) is 3. The van der Waals surface area contributed by atoms with Crippen molar-refractivity contribution in [2.75, 3.05) is 26.2 Å². The van der Waals surface area contributed by atoms with Crippen molar-refractivity contribution in [3.8, 4) is 11.1 Å². The maximum atomic E-state index is 13.5. The van der Waals surface area contributed by atoms with Crippen LogP contribution in [0.25, 0.3) is 11.1 Å². The maximum absolute atomic E-state index is 13.5. The highest BCUT2D eigenvalue weighted by molar-refractivity contribution is 5.93. The number of hydrogen-bond acceptors (Lipinski definition) is 4. The molecule has 1 saturated heterocycles. The molecule has 1 aromatic heterocycles. The number of aromatic nitrogens is 2. The van der Waals surface area contributed by atoms with Crippen LogP contribution in [0.3, 0.4) is 0 Å². The van der Waals surface area contributed by atoms with Gasteiger partial charge in [-0.3, -0.25) is 14.4 Å². The van der Waals surface area contributed by atoms with Crippen LogP contribution in [-0.2, 0) is 11.2 Å².